The number of phosphoric ester groups is 1. The van der Waals surface area contributed by atoms with Crippen LogP contribution in [0.3, 0.4) is 0 Å². The van der Waals surface area contributed by atoms with Crippen molar-refractivity contribution < 1.29 is 43.9 Å². The fraction of sp³-hybridized carbons (Fsp3) is 1.00. The van der Waals surface area contributed by atoms with E-state index in [0.717, 1.165) is 14.2 Å². The van der Waals surface area contributed by atoms with Crippen molar-refractivity contribution in [1.82, 2.24) is 0 Å². The average Bonchev–Trinajstić information content (AvgIpc) is 2.11. The zero-order chi connectivity index (χ0) is 13.0. The Labute approximate surface area is 89.2 Å². The molecule has 0 rings (SSSR count). The first-order valence-electron chi connectivity index (χ1n) is 3.40. The molecule has 7 nitrogen and oxygen atoms in total. The Balaban J connectivity index is 4.47. The van der Waals surface area contributed by atoms with Gasteiger partial charge in [-0.3, -0.25) is 13.6 Å². The van der Waals surface area contributed by atoms with Gasteiger partial charge < -0.3 is 0 Å². The first kappa shape index (κ1) is 15.8. The summed E-state index contributed by atoms with van der Waals surface area (Å²) in [4.78, 5) is 0. The zero-order valence-electron chi connectivity index (χ0n) is 8.05. The monoisotopic (exact) mass is 288 g/mol. The highest BCUT2D eigenvalue weighted by molar-refractivity contribution is 7.86. The Morgan fingerprint density at radius 2 is 1.62 bits per heavy atom. The Bertz CT molecular complexity index is 354. The van der Waals surface area contributed by atoms with E-state index in [9.17, 15) is 26.2 Å². The number of rotatable bonds is 6. The number of hydrogen-bond acceptors (Lipinski definition) is 7. The molecule has 0 unspecified atom stereocenters. The second kappa shape index (κ2) is 5.43. The standard InChI is InChI=1S/C4H8F3O7PS/c1-11-15(8,12-2)13-3-16(9,10)14-4(5,6)7/h3H2,1-2H3. The van der Waals surface area contributed by atoms with Gasteiger partial charge in [0.05, 0.1) is 0 Å². The minimum atomic E-state index is -5.38. The normalized spacial score (nSPS) is 14.1. The number of phosphoric acid groups is 1. The van der Waals surface area contributed by atoms with E-state index in [0.29, 0.717) is 0 Å². The lowest BCUT2D eigenvalue weighted by atomic mass is 11.4. The van der Waals surface area contributed by atoms with Crippen LogP contribution in [-0.2, 0) is 32.4 Å². The van der Waals surface area contributed by atoms with Crippen LogP contribution in [0.5, 0.6) is 0 Å². The van der Waals surface area contributed by atoms with E-state index in [1.807, 2.05) is 0 Å². The van der Waals surface area contributed by atoms with Gasteiger partial charge in [0.2, 0.25) is 0 Å². The summed E-state index contributed by atoms with van der Waals surface area (Å²) in [6.07, 6.45) is -5.38. The summed E-state index contributed by atoms with van der Waals surface area (Å²) in [5, 5.41) is 0. The van der Waals surface area contributed by atoms with Crippen LogP contribution in [-0.4, -0.2) is 34.9 Å². The third kappa shape index (κ3) is 6.40. The fourth-order valence-electron chi connectivity index (χ4n) is 0.477. The van der Waals surface area contributed by atoms with Gasteiger partial charge in [0, 0.05) is 14.2 Å². The fourth-order valence-corrected chi connectivity index (χ4v) is 2.21. The predicted octanol–water partition coefficient (Wildman–Crippen LogP) is 1.23. The van der Waals surface area contributed by atoms with Gasteiger partial charge in [0.25, 0.3) is 10.1 Å². The number of alkyl halides is 3. The molecule has 0 aliphatic carbocycles. The maximum Gasteiger partial charge on any atom is 0.537 e. The molecule has 16 heavy (non-hydrogen) atoms. The molecule has 0 aliphatic rings. The second-order valence-corrected chi connectivity index (χ2v) is 5.55. The van der Waals surface area contributed by atoms with Gasteiger partial charge in [-0.2, -0.15) is 12.6 Å². The molecule has 0 spiro atoms. The number of hydrogen-bond donors (Lipinski definition) is 0. The van der Waals surface area contributed by atoms with Crippen molar-refractivity contribution in [3.63, 3.8) is 0 Å². The van der Waals surface area contributed by atoms with E-state index in [-0.39, 0.29) is 0 Å². The first-order valence-corrected chi connectivity index (χ1v) is 6.43. The Morgan fingerprint density at radius 1 is 1.19 bits per heavy atom. The lowest BCUT2D eigenvalue weighted by molar-refractivity contribution is -0.272. The van der Waals surface area contributed by atoms with Gasteiger partial charge in [-0.25, -0.2) is 4.57 Å². The Hall–Kier alpha value is -0.190. The summed E-state index contributed by atoms with van der Waals surface area (Å²) in [5.74, 6) is -1.62. The first-order chi connectivity index (χ1) is 7.04. The van der Waals surface area contributed by atoms with Gasteiger partial charge in [0.1, 0.15) is 0 Å². The highest BCUT2D eigenvalue weighted by Crippen LogP contribution is 2.47. The van der Waals surface area contributed by atoms with E-state index in [2.05, 4.69) is 17.8 Å². The smallest absolute Gasteiger partial charge is 0.290 e. The number of halogens is 3. The molecule has 0 radical (unpaired) electrons. The highest BCUT2D eigenvalue weighted by Gasteiger charge is 2.38. The van der Waals surface area contributed by atoms with Gasteiger partial charge in [0.15, 0.2) is 5.94 Å². The molecule has 0 saturated carbocycles. The summed E-state index contributed by atoms with van der Waals surface area (Å²) >= 11 is 0. The van der Waals surface area contributed by atoms with Crippen LogP contribution in [0.15, 0.2) is 0 Å². The summed E-state index contributed by atoms with van der Waals surface area (Å²) in [6.45, 7) is 0. The predicted molar refractivity (Wildman–Crippen MR) is 43.6 cm³/mol. The molecule has 0 N–H and O–H groups in total. The molecule has 0 aromatic heterocycles. The molecule has 0 aromatic rings. The SMILES string of the molecule is COP(=O)(OC)OCS(=O)(=O)OC(F)(F)F. The summed E-state index contributed by atoms with van der Waals surface area (Å²) < 4.78 is 82.0. The molecule has 12 heteroatoms. The third-order valence-electron chi connectivity index (χ3n) is 1.02. The van der Waals surface area contributed by atoms with Crippen LogP contribution >= 0.6 is 7.82 Å². The zero-order valence-corrected chi connectivity index (χ0v) is 9.77. The molecule has 0 bridgehead atoms. The van der Waals surface area contributed by atoms with Crippen molar-refractivity contribution in [3.8, 4) is 0 Å². The van der Waals surface area contributed by atoms with Crippen molar-refractivity contribution in [2.24, 2.45) is 0 Å². The van der Waals surface area contributed by atoms with Crippen LogP contribution in [0.25, 0.3) is 0 Å². The maximum absolute atomic E-state index is 11.5. The Morgan fingerprint density at radius 3 is 1.94 bits per heavy atom. The van der Waals surface area contributed by atoms with Crippen molar-refractivity contribution in [3.05, 3.63) is 0 Å². The van der Waals surface area contributed by atoms with Gasteiger partial charge in [-0.1, -0.05) is 0 Å². The minimum absolute atomic E-state index is 0.863. The largest absolute Gasteiger partial charge is 0.537 e. The van der Waals surface area contributed by atoms with Gasteiger partial charge in [-0.15, -0.1) is 13.2 Å². The lowest BCUT2D eigenvalue weighted by Gasteiger charge is -2.13. The highest BCUT2D eigenvalue weighted by atomic mass is 32.2. The molecular weight excluding hydrogens is 280 g/mol. The van der Waals surface area contributed by atoms with Crippen LogP contribution < -0.4 is 0 Å². The summed E-state index contributed by atoms with van der Waals surface area (Å²) in [6, 6.07) is 0. The van der Waals surface area contributed by atoms with E-state index < -0.39 is 30.2 Å². The van der Waals surface area contributed by atoms with Crippen molar-refractivity contribution in [2.75, 3.05) is 20.2 Å². The molecular formula is C4H8F3O7PS. The lowest BCUT2D eigenvalue weighted by Crippen LogP contribution is -2.22. The van der Waals surface area contributed by atoms with Crippen LogP contribution in [0.4, 0.5) is 13.2 Å². The van der Waals surface area contributed by atoms with Crippen LogP contribution in [0, 0.1) is 0 Å². The van der Waals surface area contributed by atoms with Crippen LogP contribution in [0.2, 0.25) is 0 Å². The van der Waals surface area contributed by atoms with Crippen molar-refractivity contribution in [2.45, 2.75) is 6.36 Å². The Kier molecular flexibility index (Phi) is 5.36. The second-order valence-electron chi connectivity index (χ2n) is 2.15. The molecule has 0 heterocycles. The minimum Gasteiger partial charge on any atom is -0.290 e. The molecule has 0 amide bonds. The molecule has 0 aromatic carbocycles. The average molecular weight is 288 g/mol. The van der Waals surface area contributed by atoms with Crippen LogP contribution in [0.1, 0.15) is 0 Å². The van der Waals surface area contributed by atoms with Crippen molar-refractivity contribution in [1.29, 1.82) is 0 Å². The molecule has 0 aliphatic heterocycles. The van der Waals surface area contributed by atoms with E-state index in [1.165, 1.54) is 0 Å². The maximum atomic E-state index is 11.5. The van der Waals surface area contributed by atoms with E-state index in [4.69, 9.17) is 0 Å². The third-order valence-corrected chi connectivity index (χ3v) is 3.39. The molecule has 0 fully saturated rings. The summed E-state index contributed by atoms with van der Waals surface area (Å²) in [7, 11) is -7.52. The van der Waals surface area contributed by atoms with E-state index in [1.54, 1.807) is 0 Å². The summed E-state index contributed by atoms with van der Waals surface area (Å²) in [5.41, 5.74) is 0. The molecule has 98 valence electrons. The topological polar surface area (TPSA) is 88.1 Å². The molecule has 0 atom stereocenters. The van der Waals surface area contributed by atoms with Gasteiger partial charge >= 0.3 is 14.2 Å². The van der Waals surface area contributed by atoms with Gasteiger partial charge in [-0.05, 0) is 0 Å². The quantitative estimate of drug-likeness (QED) is 0.536. The molecule has 0 saturated heterocycles. The van der Waals surface area contributed by atoms with Crippen molar-refractivity contribution >= 4 is 17.9 Å². The van der Waals surface area contributed by atoms with E-state index >= 15 is 0 Å².